The number of hydrogen-bond donors (Lipinski definition) is 2. The molecule has 0 saturated carbocycles. The van der Waals surface area contributed by atoms with Crippen molar-refractivity contribution < 1.29 is 8.42 Å². The molecule has 1 saturated heterocycles. The number of fused-ring (bicyclic) bond motifs is 1. The van der Waals surface area contributed by atoms with Gasteiger partial charge in [0.2, 0.25) is 9.84 Å². The Balaban J connectivity index is 0.00000210. The molecule has 3 aromatic rings. The zero-order valence-corrected chi connectivity index (χ0v) is 17.4. The lowest BCUT2D eigenvalue weighted by molar-refractivity contribution is 0.589. The van der Waals surface area contributed by atoms with E-state index in [0.29, 0.717) is 0 Å². The molecule has 1 aromatic heterocycles. The summed E-state index contributed by atoms with van der Waals surface area (Å²) in [4.78, 5) is 5.35. The molecular formula is C18H18Cl3N3O2S. The first-order chi connectivity index (χ1) is 12.5. The zero-order chi connectivity index (χ0) is 18.3. The van der Waals surface area contributed by atoms with Gasteiger partial charge in [0.1, 0.15) is 5.03 Å². The normalized spacial score (nSPS) is 15.0. The smallest absolute Gasteiger partial charge is 0.223 e. The molecule has 9 heteroatoms. The van der Waals surface area contributed by atoms with E-state index in [1.165, 1.54) is 6.07 Å². The van der Waals surface area contributed by atoms with Crippen LogP contribution >= 0.6 is 35.6 Å². The molecule has 5 nitrogen and oxygen atoms in total. The second-order valence-electron chi connectivity index (χ2n) is 6.17. The average molecular weight is 447 g/mol. The molecule has 0 spiro atoms. The van der Waals surface area contributed by atoms with Gasteiger partial charge in [-0.05, 0) is 24.3 Å². The van der Waals surface area contributed by atoms with E-state index in [0.717, 1.165) is 42.8 Å². The highest BCUT2D eigenvalue weighted by atomic mass is 35.5. The van der Waals surface area contributed by atoms with Crippen LogP contribution in [0.25, 0.3) is 10.9 Å². The maximum atomic E-state index is 13.1. The highest BCUT2D eigenvalue weighted by Gasteiger charge is 2.25. The lowest BCUT2D eigenvalue weighted by Gasteiger charge is -2.29. The fraction of sp³-hybridized carbons (Fsp3) is 0.222. The number of nitrogens with one attached hydrogen (secondary N) is 2. The van der Waals surface area contributed by atoms with Gasteiger partial charge in [0.05, 0.1) is 26.1 Å². The van der Waals surface area contributed by atoms with Crippen LogP contribution in [0.4, 0.5) is 5.69 Å². The number of anilines is 1. The Morgan fingerprint density at radius 3 is 2.44 bits per heavy atom. The summed E-state index contributed by atoms with van der Waals surface area (Å²) in [5.41, 5.74) is 1.81. The molecule has 2 heterocycles. The third-order valence-electron chi connectivity index (χ3n) is 4.56. The molecule has 1 fully saturated rings. The predicted octanol–water partition coefficient (Wildman–Crippen LogP) is 4.14. The Kier molecular flexibility index (Phi) is 5.93. The largest absolute Gasteiger partial charge is 0.367 e. The summed E-state index contributed by atoms with van der Waals surface area (Å²) < 4.78 is 26.1. The topological polar surface area (TPSA) is 65.2 Å². The fourth-order valence-electron chi connectivity index (χ4n) is 3.24. The molecule has 0 bridgehead atoms. The van der Waals surface area contributed by atoms with Gasteiger partial charge in [-0.15, -0.1) is 12.4 Å². The van der Waals surface area contributed by atoms with E-state index in [9.17, 15) is 8.42 Å². The van der Waals surface area contributed by atoms with E-state index in [1.807, 2.05) is 18.2 Å². The van der Waals surface area contributed by atoms with E-state index in [1.54, 1.807) is 18.2 Å². The Hall–Kier alpha value is -1.44. The van der Waals surface area contributed by atoms with Crippen LogP contribution in [0.15, 0.2) is 52.4 Å². The number of sulfone groups is 1. The van der Waals surface area contributed by atoms with Gasteiger partial charge in [0, 0.05) is 31.6 Å². The number of piperazine rings is 1. The van der Waals surface area contributed by atoms with Crippen molar-refractivity contribution in [3.8, 4) is 0 Å². The monoisotopic (exact) mass is 445 g/mol. The second-order valence-corrected chi connectivity index (χ2v) is 8.84. The van der Waals surface area contributed by atoms with Crippen LogP contribution in [-0.4, -0.2) is 39.6 Å². The van der Waals surface area contributed by atoms with E-state index in [-0.39, 0.29) is 32.4 Å². The Morgan fingerprint density at radius 1 is 1.00 bits per heavy atom. The number of H-pyrrole nitrogens is 1. The number of para-hydroxylation sites is 1. The summed E-state index contributed by atoms with van der Waals surface area (Å²) >= 11 is 12.1. The highest BCUT2D eigenvalue weighted by Crippen LogP contribution is 2.35. The first-order valence-corrected chi connectivity index (χ1v) is 10.5. The van der Waals surface area contributed by atoms with Crippen molar-refractivity contribution in [2.24, 2.45) is 0 Å². The van der Waals surface area contributed by atoms with Gasteiger partial charge in [-0.25, -0.2) is 8.42 Å². The van der Waals surface area contributed by atoms with Crippen LogP contribution in [0.2, 0.25) is 10.0 Å². The number of nitrogens with zero attached hydrogens (tertiary/aromatic N) is 1. The highest BCUT2D eigenvalue weighted by molar-refractivity contribution is 7.91. The number of hydrogen-bond acceptors (Lipinski definition) is 4. The van der Waals surface area contributed by atoms with Crippen molar-refractivity contribution in [3.05, 3.63) is 52.5 Å². The third-order valence-corrected chi connectivity index (χ3v) is 7.21. The van der Waals surface area contributed by atoms with Crippen molar-refractivity contribution in [1.29, 1.82) is 0 Å². The predicted molar refractivity (Wildman–Crippen MR) is 113 cm³/mol. The van der Waals surface area contributed by atoms with Gasteiger partial charge >= 0.3 is 0 Å². The van der Waals surface area contributed by atoms with Gasteiger partial charge in [-0.3, -0.25) is 0 Å². The van der Waals surface area contributed by atoms with Crippen LogP contribution in [0.1, 0.15) is 0 Å². The number of benzene rings is 2. The zero-order valence-electron chi connectivity index (χ0n) is 14.2. The van der Waals surface area contributed by atoms with E-state index < -0.39 is 9.84 Å². The number of halogens is 3. The minimum Gasteiger partial charge on any atom is -0.367 e. The van der Waals surface area contributed by atoms with Crippen LogP contribution in [0, 0.1) is 0 Å². The third kappa shape index (κ3) is 3.65. The molecule has 1 aliphatic rings. The van der Waals surface area contributed by atoms with Crippen molar-refractivity contribution >= 4 is 62.0 Å². The van der Waals surface area contributed by atoms with Crippen LogP contribution < -0.4 is 10.2 Å². The first-order valence-electron chi connectivity index (χ1n) is 8.25. The number of aromatic amines is 1. The Bertz CT molecular complexity index is 1080. The molecule has 2 aromatic carbocycles. The standard InChI is InChI=1S/C18H17Cl2N3O2S.ClH/c19-13-4-2-6-15(17(13)20)26(24,25)16-11-12-3-1-5-14(18(12)22-16)23-9-7-21-8-10-23;/h1-6,11,21-22H,7-10H2;1H. The van der Waals surface area contributed by atoms with E-state index in [2.05, 4.69) is 15.2 Å². The van der Waals surface area contributed by atoms with Gasteiger partial charge < -0.3 is 15.2 Å². The molecule has 0 atom stereocenters. The van der Waals surface area contributed by atoms with Crippen molar-refractivity contribution in [1.82, 2.24) is 10.3 Å². The number of rotatable bonds is 3. The molecule has 1 aliphatic heterocycles. The molecule has 0 amide bonds. The molecule has 2 N–H and O–H groups in total. The van der Waals surface area contributed by atoms with Crippen LogP contribution in [0.3, 0.4) is 0 Å². The van der Waals surface area contributed by atoms with Crippen LogP contribution in [0.5, 0.6) is 0 Å². The summed E-state index contributed by atoms with van der Waals surface area (Å²) in [5, 5.41) is 4.53. The minimum absolute atomic E-state index is 0. The maximum absolute atomic E-state index is 13.1. The quantitative estimate of drug-likeness (QED) is 0.635. The molecule has 4 rings (SSSR count). The molecule has 0 unspecified atom stereocenters. The average Bonchev–Trinajstić information content (AvgIpc) is 3.10. The van der Waals surface area contributed by atoms with E-state index in [4.69, 9.17) is 23.2 Å². The Labute approximate surface area is 174 Å². The van der Waals surface area contributed by atoms with Gasteiger partial charge in [-0.1, -0.05) is 41.4 Å². The van der Waals surface area contributed by atoms with Crippen molar-refractivity contribution in [2.75, 3.05) is 31.1 Å². The van der Waals surface area contributed by atoms with E-state index >= 15 is 0 Å². The first kappa shape index (κ1) is 20.3. The van der Waals surface area contributed by atoms with Crippen molar-refractivity contribution in [3.63, 3.8) is 0 Å². The SMILES string of the molecule is Cl.O=S(=O)(c1cc2cccc(N3CCNCC3)c2[nH]1)c1cccc(Cl)c1Cl. The summed E-state index contributed by atoms with van der Waals surface area (Å²) in [6.45, 7) is 3.56. The molecule has 27 heavy (non-hydrogen) atoms. The number of aromatic nitrogens is 1. The summed E-state index contributed by atoms with van der Waals surface area (Å²) in [7, 11) is -3.80. The second kappa shape index (κ2) is 7.89. The lowest BCUT2D eigenvalue weighted by Crippen LogP contribution is -2.43. The van der Waals surface area contributed by atoms with Gasteiger partial charge in [0.25, 0.3) is 0 Å². The van der Waals surface area contributed by atoms with Crippen molar-refractivity contribution in [2.45, 2.75) is 9.92 Å². The summed E-state index contributed by atoms with van der Waals surface area (Å²) in [6.07, 6.45) is 0. The lowest BCUT2D eigenvalue weighted by atomic mass is 10.2. The maximum Gasteiger partial charge on any atom is 0.223 e. The summed E-state index contributed by atoms with van der Waals surface area (Å²) in [6, 6.07) is 12.1. The minimum atomic E-state index is -3.80. The Morgan fingerprint density at radius 2 is 1.70 bits per heavy atom. The molecular weight excluding hydrogens is 429 g/mol. The van der Waals surface area contributed by atoms with Gasteiger partial charge in [-0.2, -0.15) is 0 Å². The van der Waals surface area contributed by atoms with Gasteiger partial charge in [0.15, 0.2) is 0 Å². The fourth-order valence-corrected chi connectivity index (χ4v) is 5.26. The summed E-state index contributed by atoms with van der Waals surface area (Å²) in [5.74, 6) is 0. The molecule has 144 valence electrons. The molecule has 0 aliphatic carbocycles. The molecule has 0 radical (unpaired) electrons. The van der Waals surface area contributed by atoms with Crippen LogP contribution in [-0.2, 0) is 9.84 Å².